The van der Waals surface area contributed by atoms with Gasteiger partial charge < -0.3 is 14.9 Å². The fraction of sp³-hybridized carbons (Fsp3) is 0.909. The van der Waals surface area contributed by atoms with E-state index in [9.17, 15) is 9.90 Å². The molecular weight excluding hydrogens is 196 g/mol. The molecule has 0 aromatic heterocycles. The van der Waals surface area contributed by atoms with E-state index in [2.05, 4.69) is 6.92 Å². The summed E-state index contributed by atoms with van der Waals surface area (Å²) in [6, 6.07) is 0. The number of cyclic esters (lactones) is 1. The summed E-state index contributed by atoms with van der Waals surface area (Å²) >= 11 is 0. The van der Waals surface area contributed by atoms with Crippen LogP contribution in [0.3, 0.4) is 0 Å². The summed E-state index contributed by atoms with van der Waals surface area (Å²) < 4.78 is 4.90. The Hall–Kier alpha value is -0.610. The highest BCUT2D eigenvalue weighted by atomic mass is 16.6. The van der Waals surface area contributed by atoms with Gasteiger partial charge in [-0.2, -0.15) is 0 Å². The molecule has 0 unspecified atom stereocenters. The monoisotopic (exact) mass is 216 g/mol. The predicted octanol–water partition coefficient (Wildman–Crippen LogP) is 0.852. The van der Waals surface area contributed by atoms with Gasteiger partial charge in [-0.15, -0.1) is 0 Å². The summed E-state index contributed by atoms with van der Waals surface area (Å²) in [5.74, 6) is -0.794. The molecule has 0 aliphatic carbocycles. The molecule has 4 heteroatoms. The highest BCUT2D eigenvalue weighted by Crippen LogP contribution is 2.26. The number of carbonyl (C=O) groups is 1. The van der Waals surface area contributed by atoms with Crippen LogP contribution >= 0.6 is 0 Å². The van der Waals surface area contributed by atoms with Gasteiger partial charge in [-0.25, -0.2) is 0 Å². The fourth-order valence-corrected chi connectivity index (χ4v) is 1.91. The van der Waals surface area contributed by atoms with Crippen molar-refractivity contribution in [1.82, 2.24) is 0 Å². The molecule has 1 heterocycles. The van der Waals surface area contributed by atoms with E-state index in [-0.39, 0.29) is 12.6 Å². The lowest BCUT2D eigenvalue weighted by Gasteiger charge is -2.13. The van der Waals surface area contributed by atoms with E-state index in [1.807, 2.05) is 0 Å². The SMILES string of the molecule is CCCCC[C@H](O)[C@@H]1C[C@H](CO)OC1=O. The third kappa shape index (κ3) is 3.47. The van der Waals surface area contributed by atoms with Crippen LogP contribution in [-0.4, -0.2) is 35.0 Å². The molecule has 1 aliphatic rings. The van der Waals surface area contributed by atoms with Crippen LogP contribution in [0.5, 0.6) is 0 Å². The molecule has 0 bridgehead atoms. The molecule has 4 nitrogen and oxygen atoms in total. The number of hydrogen-bond acceptors (Lipinski definition) is 4. The molecule has 0 aromatic rings. The van der Waals surface area contributed by atoms with Gasteiger partial charge in [-0.1, -0.05) is 26.2 Å². The Bertz CT molecular complexity index is 205. The topological polar surface area (TPSA) is 66.8 Å². The van der Waals surface area contributed by atoms with Crippen LogP contribution < -0.4 is 0 Å². The molecule has 0 aromatic carbocycles. The quantitative estimate of drug-likeness (QED) is 0.510. The van der Waals surface area contributed by atoms with Gasteiger partial charge >= 0.3 is 5.97 Å². The maximum absolute atomic E-state index is 11.3. The normalized spacial score (nSPS) is 27.8. The summed E-state index contributed by atoms with van der Waals surface area (Å²) in [7, 11) is 0. The number of unbranched alkanes of at least 4 members (excludes halogenated alkanes) is 2. The van der Waals surface area contributed by atoms with Crippen LogP contribution in [0.15, 0.2) is 0 Å². The second-order valence-electron chi connectivity index (χ2n) is 4.15. The summed E-state index contributed by atoms with van der Waals surface area (Å²) in [5.41, 5.74) is 0. The van der Waals surface area contributed by atoms with E-state index in [1.165, 1.54) is 0 Å². The molecule has 0 amide bonds. The first-order valence-electron chi connectivity index (χ1n) is 5.68. The number of hydrogen-bond donors (Lipinski definition) is 2. The smallest absolute Gasteiger partial charge is 0.312 e. The number of ether oxygens (including phenoxy) is 1. The van der Waals surface area contributed by atoms with Gasteiger partial charge in [0.2, 0.25) is 0 Å². The van der Waals surface area contributed by atoms with Gasteiger partial charge in [-0.05, 0) is 6.42 Å². The average molecular weight is 216 g/mol. The molecule has 0 spiro atoms. The van der Waals surface area contributed by atoms with Crippen molar-refractivity contribution in [2.24, 2.45) is 5.92 Å². The predicted molar refractivity (Wildman–Crippen MR) is 55.2 cm³/mol. The number of aliphatic hydroxyl groups excluding tert-OH is 2. The van der Waals surface area contributed by atoms with Gasteiger partial charge in [0, 0.05) is 6.42 Å². The van der Waals surface area contributed by atoms with Crippen LogP contribution in [0, 0.1) is 5.92 Å². The number of esters is 1. The number of aliphatic hydroxyl groups is 2. The maximum Gasteiger partial charge on any atom is 0.312 e. The lowest BCUT2D eigenvalue weighted by Crippen LogP contribution is -2.24. The van der Waals surface area contributed by atoms with Crippen molar-refractivity contribution in [3.63, 3.8) is 0 Å². The van der Waals surface area contributed by atoms with Crippen molar-refractivity contribution >= 4 is 5.97 Å². The van der Waals surface area contributed by atoms with E-state index in [4.69, 9.17) is 9.84 Å². The van der Waals surface area contributed by atoms with E-state index in [0.717, 1.165) is 19.3 Å². The van der Waals surface area contributed by atoms with Crippen molar-refractivity contribution in [1.29, 1.82) is 0 Å². The molecule has 88 valence electrons. The van der Waals surface area contributed by atoms with Crippen molar-refractivity contribution < 1.29 is 19.7 Å². The van der Waals surface area contributed by atoms with E-state index in [1.54, 1.807) is 0 Å². The Morgan fingerprint density at radius 1 is 1.53 bits per heavy atom. The molecule has 2 N–H and O–H groups in total. The van der Waals surface area contributed by atoms with Crippen LogP contribution in [0.25, 0.3) is 0 Å². The number of carbonyl (C=O) groups excluding carboxylic acids is 1. The number of rotatable bonds is 6. The summed E-state index contributed by atoms with van der Waals surface area (Å²) in [5, 5.41) is 18.6. The van der Waals surface area contributed by atoms with Gasteiger partial charge in [0.1, 0.15) is 6.10 Å². The van der Waals surface area contributed by atoms with Crippen molar-refractivity contribution in [3.8, 4) is 0 Å². The zero-order chi connectivity index (χ0) is 11.3. The first-order valence-corrected chi connectivity index (χ1v) is 5.68. The van der Waals surface area contributed by atoms with Crippen molar-refractivity contribution in [2.75, 3.05) is 6.61 Å². The molecule has 15 heavy (non-hydrogen) atoms. The zero-order valence-corrected chi connectivity index (χ0v) is 9.19. The first-order chi connectivity index (χ1) is 7.19. The summed E-state index contributed by atoms with van der Waals surface area (Å²) in [4.78, 5) is 11.3. The summed E-state index contributed by atoms with van der Waals surface area (Å²) in [6.07, 6.45) is 3.17. The Morgan fingerprint density at radius 2 is 2.27 bits per heavy atom. The molecule has 1 fully saturated rings. The largest absolute Gasteiger partial charge is 0.460 e. The zero-order valence-electron chi connectivity index (χ0n) is 9.19. The average Bonchev–Trinajstić information content (AvgIpc) is 2.60. The molecular formula is C11H20O4. The standard InChI is InChI=1S/C11H20O4/c1-2-3-4-5-10(13)9-6-8(7-12)15-11(9)14/h8-10,12-13H,2-7H2,1H3/t8-,9+,10+/m1/s1. The third-order valence-corrected chi connectivity index (χ3v) is 2.87. The molecule has 3 atom stereocenters. The molecule has 1 saturated heterocycles. The Balaban J connectivity index is 2.32. The molecule has 0 radical (unpaired) electrons. The van der Waals surface area contributed by atoms with E-state index >= 15 is 0 Å². The van der Waals surface area contributed by atoms with Crippen LogP contribution in [0.4, 0.5) is 0 Å². The van der Waals surface area contributed by atoms with Crippen molar-refractivity contribution in [3.05, 3.63) is 0 Å². The highest BCUT2D eigenvalue weighted by Gasteiger charge is 2.38. The Morgan fingerprint density at radius 3 is 2.80 bits per heavy atom. The minimum absolute atomic E-state index is 0.149. The molecule has 1 rings (SSSR count). The molecule has 0 saturated carbocycles. The minimum atomic E-state index is -0.611. The first kappa shape index (κ1) is 12.5. The Labute approximate surface area is 90.2 Å². The maximum atomic E-state index is 11.3. The van der Waals surface area contributed by atoms with Crippen LogP contribution in [0.2, 0.25) is 0 Å². The Kier molecular flexibility index (Phi) is 5.05. The fourth-order valence-electron chi connectivity index (χ4n) is 1.91. The summed E-state index contributed by atoms with van der Waals surface area (Å²) in [6.45, 7) is 1.95. The second-order valence-corrected chi connectivity index (χ2v) is 4.15. The van der Waals surface area contributed by atoms with Gasteiger partial charge in [0.15, 0.2) is 0 Å². The van der Waals surface area contributed by atoms with Gasteiger partial charge in [0.05, 0.1) is 18.6 Å². The minimum Gasteiger partial charge on any atom is -0.460 e. The van der Waals surface area contributed by atoms with E-state index in [0.29, 0.717) is 12.8 Å². The second kappa shape index (κ2) is 6.08. The van der Waals surface area contributed by atoms with Crippen LogP contribution in [0.1, 0.15) is 39.0 Å². The highest BCUT2D eigenvalue weighted by molar-refractivity contribution is 5.75. The van der Waals surface area contributed by atoms with Crippen LogP contribution in [-0.2, 0) is 9.53 Å². The lowest BCUT2D eigenvalue weighted by molar-refractivity contribution is -0.147. The third-order valence-electron chi connectivity index (χ3n) is 2.87. The molecule has 1 aliphatic heterocycles. The lowest BCUT2D eigenvalue weighted by atomic mass is 9.94. The van der Waals surface area contributed by atoms with Crippen molar-refractivity contribution in [2.45, 2.75) is 51.2 Å². The van der Waals surface area contributed by atoms with Gasteiger partial charge in [0.25, 0.3) is 0 Å². The van der Waals surface area contributed by atoms with E-state index < -0.39 is 18.1 Å². The van der Waals surface area contributed by atoms with Gasteiger partial charge in [-0.3, -0.25) is 4.79 Å².